The van der Waals surface area contributed by atoms with E-state index in [4.69, 9.17) is 9.47 Å². The maximum atomic E-state index is 13.3. The predicted molar refractivity (Wildman–Crippen MR) is 125 cm³/mol. The summed E-state index contributed by atoms with van der Waals surface area (Å²) in [5.74, 6) is -0.734. The molecule has 0 spiro atoms. The third kappa shape index (κ3) is 5.67. The van der Waals surface area contributed by atoms with Crippen LogP contribution in [0.2, 0.25) is 0 Å². The predicted octanol–water partition coefficient (Wildman–Crippen LogP) is 4.10. The number of nitro groups is 1. The molecule has 1 aliphatic rings. The average molecular weight is 455 g/mol. The Bertz CT molecular complexity index is 1060. The number of carbonyl (C=O) groups excluding carboxylic acids is 1. The van der Waals surface area contributed by atoms with Gasteiger partial charge in [0.15, 0.2) is 0 Å². The van der Waals surface area contributed by atoms with Crippen molar-refractivity contribution in [2.24, 2.45) is 0 Å². The summed E-state index contributed by atoms with van der Waals surface area (Å²) in [5, 5.41) is 14.7. The van der Waals surface area contributed by atoms with Crippen LogP contribution in [0.15, 0.2) is 47.8 Å². The Hall–Kier alpha value is -3.46. The lowest BCUT2D eigenvalue weighted by Crippen LogP contribution is -2.26. The van der Waals surface area contributed by atoms with Gasteiger partial charge in [0.25, 0.3) is 5.69 Å². The summed E-state index contributed by atoms with van der Waals surface area (Å²) in [6.45, 7) is 6.64. The topological polar surface area (TPSA) is 107 Å². The second-order valence-corrected chi connectivity index (χ2v) is 8.49. The number of allylic oxidation sites excluding steroid dienone is 1. The lowest BCUT2D eigenvalue weighted by molar-refractivity contribution is -0.384. The molecule has 0 amide bonds. The SMILES string of the molecule is CC1=C(C(=O)OCCCN(C)C)C(c2cccc([N+](=O)[O-])c2)c2c(ccnc2OC(C)C)N1. The van der Waals surface area contributed by atoms with E-state index < -0.39 is 16.8 Å². The normalized spacial score (nSPS) is 15.3. The van der Waals surface area contributed by atoms with Gasteiger partial charge in [-0.25, -0.2) is 9.78 Å². The number of nitrogens with zero attached hydrogens (tertiary/aromatic N) is 3. The monoisotopic (exact) mass is 454 g/mol. The summed E-state index contributed by atoms with van der Waals surface area (Å²) in [6, 6.07) is 8.10. The number of aromatic nitrogens is 1. The molecular formula is C24H30N4O5. The minimum absolute atomic E-state index is 0.0563. The van der Waals surface area contributed by atoms with Gasteiger partial charge in [-0.1, -0.05) is 12.1 Å². The standard InChI is InChI=1S/C24H30N4O5/c1-15(2)33-23-22-19(10-11-25-23)26-16(3)20(24(29)32-13-7-12-27(4)5)21(22)17-8-6-9-18(14-17)28(30)31/h6,8-11,14-15,21,26H,7,12-13H2,1-5H3. The lowest BCUT2D eigenvalue weighted by Gasteiger charge is -2.31. The molecule has 0 fully saturated rings. The molecule has 1 unspecified atom stereocenters. The van der Waals surface area contributed by atoms with E-state index in [0.717, 1.165) is 12.2 Å². The van der Waals surface area contributed by atoms with Gasteiger partial charge in [0.05, 0.1) is 29.1 Å². The Morgan fingerprint density at radius 3 is 2.73 bits per heavy atom. The van der Waals surface area contributed by atoms with E-state index in [9.17, 15) is 14.9 Å². The first kappa shape index (κ1) is 24.2. The highest BCUT2D eigenvalue weighted by molar-refractivity contribution is 5.95. The molecule has 0 saturated carbocycles. The van der Waals surface area contributed by atoms with Crippen molar-refractivity contribution in [1.29, 1.82) is 0 Å². The number of rotatable bonds is 9. The third-order valence-electron chi connectivity index (χ3n) is 5.22. The van der Waals surface area contributed by atoms with Crippen LogP contribution in [-0.4, -0.2) is 54.1 Å². The van der Waals surface area contributed by atoms with Crippen molar-refractivity contribution >= 4 is 17.3 Å². The highest BCUT2D eigenvalue weighted by Crippen LogP contribution is 2.46. The minimum atomic E-state index is -0.634. The molecule has 1 atom stereocenters. The molecule has 0 bridgehead atoms. The molecule has 3 rings (SSSR count). The van der Waals surface area contributed by atoms with Crippen LogP contribution in [0.25, 0.3) is 0 Å². The second kappa shape index (κ2) is 10.4. The maximum absolute atomic E-state index is 13.3. The lowest BCUT2D eigenvalue weighted by atomic mass is 9.81. The van der Waals surface area contributed by atoms with Crippen LogP contribution in [0.1, 0.15) is 44.2 Å². The fourth-order valence-electron chi connectivity index (χ4n) is 3.83. The Morgan fingerprint density at radius 2 is 2.06 bits per heavy atom. The van der Waals surface area contributed by atoms with Crippen LogP contribution in [0.3, 0.4) is 0 Å². The Morgan fingerprint density at radius 1 is 1.30 bits per heavy atom. The van der Waals surface area contributed by atoms with Gasteiger partial charge in [0.1, 0.15) is 0 Å². The number of ether oxygens (including phenoxy) is 2. The number of nitrogens with one attached hydrogen (secondary N) is 1. The molecule has 176 valence electrons. The number of hydrogen-bond acceptors (Lipinski definition) is 8. The summed E-state index contributed by atoms with van der Waals surface area (Å²) >= 11 is 0. The number of carbonyl (C=O) groups is 1. The third-order valence-corrected chi connectivity index (χ3v) is 5.22. The van der Waals surface area contributed by atoms with Crippen LogP contribution in [0.4, 0.5) is 11.4 Å². The fraction of sp³-hybridized carbons (Fsp3) is 0.417. The van der Waals surface area contributed by atoms with Crippen molar-refractivity contribution in [2.45, 2.75) is 39.2 Å². The van der Waals surface area contributed by atoms with E-state index in [2.05, 4.69) is 10.3 Å². The summed E-state index contributed by atoms with van der Waals surface area (Å²) < 4.78 is 11.6. The van der Waals surface area contributed by atoms with Gasteiger partial charge >= 0.3 is 5.97 Å². The number of fused-ring (bicyclic) bond motifs is 1. The Labute approximate surface area is 193 Å². The van der Waals surface area contributed by atoms with Gasteiger partial charge in [-0.05, 0) is 52.9 Å². The summed E-state index contributed by atoms with van der Waals surface area (Å²) in [4.78, 5) is 30.7. The molecule has 1 aromatic heterocycles. The van der Waals surface area contributed by atoms with Crippen molar-refractivity contribution in [3.63, 3.8) is 0 Å². The van der Waals surface area contributed by atoms with Crippen molar-refractivity contribution in [1.82, 2.24) is 9.88 Å². The van der Waals surface area contributed by atoms with Gasteiger partial charge in [-0.3, -0.25) is 10.1 Å². The van der Waals surface area contributed by atoms with Gasteiger partial charge in [0, 0.05) is 41.8 Å². The molecule has 9 heteroatoms. The van der Waals surface area contributed by atoms with Crippen molar-refractivity contribution in [2.75, 3.05) is 32.6 Å². The van der Waals surface area contributed by atoms with Crippen LogP contribution < -0.4 is 10.1 Å². The molecule has 1 aromatic carbocycles. The fourth-order valence-corrected chi connectivity index (χ4v) is 3.83. The average Bonchev–Trinajstić information content (AvgIpc) is 2.75. The summed E-state index contributed by atoms with van der Waals surface area (Å²) in [5.41, 5.74) is 2.93. The first-order chi connectivity index (χ1) is 15.7. The molecule has 0 radical (unpaired) electrons. The minimum Gasteiger partial charge on any atom is -0.475 e. The zero-order chi connectivity index (χ0) is 24.1. The van der Waals surface area contributed by atoms with Crippen LogP contribution in [0, 0.1) is 10.1 Å². The van der Waals surface area contributed by atoms with E-state index in [1.54, 1.807) is 31.3 Å². The molecule has 0 aliphatic carbocycles. The number of pyridine rings is 1. The summed E-state index contributed by atoms with van der Waals surface area (Å²) in [6.07, 6.45) is 2.18. The number of esters is 1. The van der Waals surface area contributed by atoms with Gasteiger partial charge in [-0.15, -0.1) is 0 Å². The highest BCUT2D eigenvalue weighted by atomic mass is 16.6. The van der Waals surface area contributed by atoms with E-state index in [0.29, 0.717) is 34.7 Å². The second-order valence-electron chi connectivity index (χ2n) is 8.49. The number of anilines is 1. The smallest absolute Gasteiger partial charge is 0.336 e. The van der Waals surface area contributed by atoms with E-state index in [-0.39, 0.29) is 18.4 Å². The highest BCUT2D eigenvalue weighted by Gasteiger charge is 2.37. The van der Waals surface area contributed by atoms with Gasteiger partial charge in [-0.2, -0.15) is 0 Å². The Balaban J connectivity index is 2.09. The molecule has 9 nitrogen and oxygen atoms in total. The van der Waals surface area contributed by atoms with Crippen molar-refractivity contribution in [3.8, 4) is 5.88 Å². The van der Waals surface area contributed by atoms with Gasteiger partial charge < -0.3 is 19.7 Å². The quantitative estimate of drug-likeness (QED) is 0.261. The number of benzene rings is 1. The van der Waals surface area contributed by atoms with Crippen LogP contribution >= 0.6 is 0 Å². The molecule has 1 aliphatic heterocycles. The van der Waals surface area contributed by atoms with E-state index in [1.165, 1.54) is 12.1 Å². The van der Waals surface area contributed by atoms with Crippen LogP contribution in [-0.2, 0) is 9.53 Å². The molecular weight excluding hydrogens is 424 g/mol. The van der Waals surface area contributed by atoms with Crippen LogP contribution in [0.5, 0.6) is 5.88 Å². The number of non-ortho nitro benzene ring substituents is 1. The van der Waals surface area contributed by atoms with E-state index >= 15 is 0 Å². The molecule has 1 N–H and O–H groups in total. The largest absolute Gasteiger partial charge is 0.475 e. The Kier molecular flexibility index (Phi) is 7.65. The first-order valence-electron chi connectivity index (χ1n) is 10.9. The van der Waals surface area contributed by atoms with Crippen molar-refractivity contribution in [3.05, 3.63) is 69.0 Å². The first-order valence-corrected chi connectivity index (χ1v) is 10.9. The number of nitro benzene ring substituents is 1. The van der Waals surface area contributed by atoms with Crippen molar-refractivity contribution < 1.29 is 19.2 Å². The zero-order valence-corrected chi connectivity index (χ0v) is 19.6. The summed E-state index contributed by atoms with van der Waals surface area (Å²) in [7, 11) is 3.91. The molecule has 2 heterocycles. The number of hydrogen-bond donors (Lipinski definition) is 1. The zero-order valence-electron chi connectivity index (χ0n) is 19.6. The maximum Gasteiger partial charge on any atom is 0.336 e. The van der Waals surface area contributed by atoms with E-state index in [1.807, 2.05) is 32.8 Å². The molecule has 2 aromatic rings. The molecule has 33 heavy (non-hydrogen) atoms. The molecule has 0 saturated heterocycles. The van der Waals surface area contributed by atoms with Gasteiger partial charge in [0.2, 0.25) is 5.88 Å².